The Morgan fingerprint density at radius 3 is 2.92 bits per heavy atom. The van der Waals surface area contributed by atoms with Crippen LogP contribution in [-0.2, 0) is 11.0 Å². The fourth-order valence-corrected chi connectivity index (χ4v) is 1.73. The minimum Gasteiger partial charge on any atom is -0.346 e. The largest absolute Gasteiger partial charge is 0.346 e. The summed E-state index contributed by atoms with van der Waals surface area (Å²) in [5.41, 5.74) is 0.640. The van der Waals surface area contributed by atoms with Crippen molar-refractivity contribution in [2.45, 2.75) is 19.0 Å². The Bertz CT molecular complexity index is 319. The van der Waals surface area contributed by atoms with Crippen molar-refractivity contribution < 1.29 is 9.46 Å². The second-order valence-electron chi connectivity index (χ2n) is 2.90. The van der Waals surface area contributed by atoms with E-state index in [0.29, 0.717) is 6.42 Å². The summed E-state index contributed by atoms with van der Waals surface area (Å²) in [4.78, 5) is 13.0. The number of hydrogen-bond acceptors (Lipinski definition) is 2. The zero-order valence-electron chi connectivity index (χ0n) is 7.20. The topological polar surface area (TPSA) is 50.2 Å². The Hall–Kier alpha value is -0.180. The predicted octanol–water partition coefficient (Wildman–Crippen LogP) is 2.24. The Kier molecular flexibility index (Phi) is 4.10. The van der Waals surface area contributed by atoms with Crippen molar-refractivity contribution in [3.8, 4) is 0 Å². The van der Waals surface area contributed by atoms with Crippen LogP contribution in [0.3, 0.4) is 0 Å². The van der Waals surface area contributed by atoms with Gasteiger partial charge in [0.2, 0.25) is 0 Å². The molecule has 0 fully saturated rings. The Labute approximate surface area is 86.2 Å². The van der Waals surface area contributed by atoms with Gasteiger partial charge in [0.25, 0.3) is 0 Å². The van der Waals surface area contributed by atoms with Gasteiger partial charge < -0.3 is 4.89 Å². The van der Waals surface area contributed by atoms with Gasteiger partial charge in [0.15, 0.2) is 8.03 Å². The van der Waals surface area contributed by atoms with E-state index >= 15 is 0 Å². The first-order chi connectivity index (χ1) is 6.09. The van der Waals surface area contributed by atoms with Crippen LogP contribution in [0.15, 0.2) is 22.8 Å². The average Bonchev–Trinajstić information content (AvgIpc) is 2.04. The van der Waals surface area contributed by atoms with Gasteiger partial charge in [-0.1, -0.05) is 13.0 Å². The summed E-state index contributed by atoms with van der Waals surface area (Å²) < 4.78 is 11.5. The molecule has 0 saturated carbocycles. The van der Waals surface area contributed by atoms with Gasteiger partial charge in [-0.05, 0) is 28.1 Å². The van der Waals surface area contributed by atoms with Crippen LogP contribution in [0.4, 0.5) is 0 Å². The number of pyridine rings is 1. The molecule has 72 valence electrons. The van der Waals surface area contributed by atoms with Gasteiger partial charge in [-0.25, -0.2) is 4.98 Å². The van der Waals surface area contributed by atoms with E-state index in [9.17, 15) is 4.57 Å². The molecule has 1 rings (SSSR count). The number of halogens is 1. The van der Waals surface area contributed by atoms with Gasteiger partial charge in [0.1, 0.15) is 4.60 Å². The molecule has 0 aromatic carbocycles. The van der Waals surface area contributed by atoms with Crippen LogP contribution in [0, 0.1) is 0 Å². The van der Waals surface area contributed by atoms with E-state index < -0.39 is 8.03 Å². The highest BCUT2D eigenvalue weighted by molar-refractivity contribution is 9.10. The Balaban J connectivity index is 2.69. The molecule has 0 spiro atoms. The van der Waals surface area contributed by atoms with Gasteiger partial charge >= 0.3 is 0 Å². The van der Waals surface area contributed by atoms with Crippen LogP contribution in [0.25, 0.3) is 0 Å². The molecule has 0 amide bonds. The van der Waals surface area contributed by atoms with Gasteiger partial charge in [0.05, 0.1) is 0 Å². The normalized spacial score (nSPS) is 15.3. The van der Waals surface area contributed by atoms with Crippen molar-refractivity contribution in [3.63, 3.8) is 0 Å². The van der Waals surface area contributed by atoms with Crippen molar-refractivity contribution in [1.29, 1.82) is 0 Å². The average molecular weight is 264 g/mol. The van der Waals surface area contributed by atoms with Crippen LogP contribution in [-0.4, -0.2) is 15.5 Å². The SMILES string of the molecule is CC(Cc1cccc(Br)n1)[PH](=O)O. The summed E-state index contributed by atoms with van der Waals surface area (Å²) in [7, 11) is -2.43. The Morgan fingerprint density at radius 2 is 2.38 bits per heavy atom. The number of aromatic nitrogens is 1. The summed E-state index contributed by atoms with van der Waals surface area (Å²) in [5, 5.41) is 0. The summed E-state index contributed by atoms with van der Waals surface area (Å²) in [5.74, 6) is 0. The number of hydrogen-bond donors (Lipinski definition) is 1. The second-order valence-corrected chi connectivity index (χ2v) is 5.37. The fraction of sp³-hybridized carbons (Fsp3) is 0.375. The van der Waals surface area contributed by atoms with Crippen LogP contribution in [0.5, 0.6) is 0 Å². The fourth-order valence-electron chi connectivity index (χ4n) is 0.965. The minimum absolute atomic E-state index is 0.202. The van der Waals surface area contributed by atoms with E-state index in [1.165, 1.54) is 0 Å². The first-order valence-corrected chi connectivity index (χ1v) is 6.16. The van der Waals surface area contributed by atoms with E-state index in [1.54, 1.807) is 6.92 Å². The zero-order chi connectivity index (χ0) is 9.84. The molecule has 5 heteroatoms. The molecule has 1 heterocycles. The van der Waals surface area contributed by atoms with Crippen molar-refractivity contribution in [1.82, 2.24) is 4.98 Å². The highest BCUT2D eigenvalue weighted by Crippen LogP contribution is 2.24. The first kappa shape index (κ1) is 10.9. The lowest BCUT2D eigenvalue weighted by Gasteiger charge is -2.06. The zero-order valence-corrected chi connectivity index (χ0v) is 9.78. The van der Waals surface area contributed by atoms with Crippen molar-refractivity contribution in [3.05, 3.63) is 28.5 Å². The monoisotopic (exact) mass is 263 g/mol. The lowest BCUT2D eigenvalue weighted by atomic mass is 10.2. The maximum Gasteiger partial charge on any atom is 0.192 e. The lowest BCUT2D eigenvalue weighted by Crippen LogP contribution is -2.02. The van der Waals surface area contributed by atoms with Crippen molar-refractivity contribution in [2.75, 3.05) is 0 Å². The van der Waals surface area contributed by atoms with E-state index in [2.05, 4.69) is 20.9 Å². The molecule has 1 aromatic heterocycles. The summed E-state index contributed by atoms with van der Waals surface area (Å²) in [6, 6.07) is 5.55. The van der Waals surface area contributed by atoms with Crippen molar-refractivity contribution >= 4 is 24.0 Å². The van der Waals surface area contributed by atoms with Crippen LogP contribution >= 0.6 is 24.0 Å². The summed E-state index contributed by atoms with van der Waals surface area (Å²) >= 11 is 3.25. The molecule has 0 aliphatic heterocycles. The molecule has 0 aliphatic carbocycles. The molecule has 0 radical (unpaired) electrons. The smallest absolute Gasteiger partial charge is 0.192 e. The second kappa shape index (κ2) is 4.89. The molecular weight excluding hydrogens is 253 g/mol. The molecule has 0 saturated heterocycles. The molecule has 0 aliphatic rings. The molecule has 3 nitrogen and oxygen atoms in total. The van der Waals surface area contributed by atoms with Crippen LogP contribution < -0.4 is 0 Å². The molecule has 1 aromatic rings. The van der Waals surface area contributed by atoms with Crippen LogP contribution in [0.1, 0.15) is 12.6 Å². The quantitative estimate of drug-likeness (QED) is 0.672. The molecule has 2 unspecified atom stereocenters. The van der Waals surface area contributed by atoms with Gasteiger partial charge in [-0.2, -0.15) is 0 Å². The molecule has 1 N–H and O–H groups in total. The highest BCUT2D eigenvalue weighted by atomic mass is 79.9. The van der Waals surface area contributed by atoms with E-state index in [4.69, 9.17) is 4.89 Å². The third kappa shape index (κ3) is 3.59. The van der Waals surface area contributed by atoms with E-state index in [-0.39, 0.29) is 5.66 Å². The highest BCUT2D eigenvalue weighted by Gasteiger charge is 2.09. The lowest BCUT2D eigenvalue weighted by molar-refractivity contribution is 0.490. The maximum atomic E-state index is 10.7. The van der Waals surface area contributed by atoms with Gasteiger partial charge in [-0.3, -0.25) is 4.57 Å². The standard InChI is InChI=1S/C8H11BrNO2P/c1-6(13(11)12)5-7-3-2-4-8(9)10-7/h2-4,6,13H,5H2,1H3,(H,11,12). The first-order valence-electron chi connectivity index (χ1n) is 3.94. The van der Waals surface area contributed by atoms with Gasteiger partial charge in [0, 0.05) is 17.8 Å². The third-order valence-corrected chi connectivity index (χ3v) is 3.20. The number of nitrogens with zero attached hydrogens (tertiary/aromatic N) is 1. The Morgan fingerprint density at radius 1 is 1.69 bits per heavy atom. The third-order valence-electron chi connectivity index (χ3n) is 1.71. The molecule has 0 bridgehead atoms. The minimum atomic E-state index is -2.43. The van der Waals surface area contributed by atoms with Crippen LogP contribution in [0.2, 0.25) is 0 Å². The van der Waals surface area contributed by atoms with Crippen molar-refractivity contribution in [2.24, 2.45) is 0 Å². The summed E-state index contributed by atoms with van der Waals surface area (Å²) in [6.45, 7) is 1.75. The summed E-state index contributed by atoms with van der Waals surface area (Å²) in [6.07, 6.45) is 0.549. The maximum absolute atomic E-state index is 10.7. The molecule has 13 heavy (non-hydrogen) atoms. The van der Waals surface area contributed by atoms with E-state index in [0.717, 1.165) is 10.3 Å². The predicted molar refractivity (Wildman–Crippen MR) is 56.3 cm³/mol. The van der Waals surface area contributed by atoms with E-state index in [1.807, 2.05) is 18.2 Å². The number of rotatable bonds is 3. The van der Waals surface area contributed by atoms with Gasteiger partial charge in [-0.15, -0.1) is 0 Å². The molecular formula is C8H11BrNO2P. The molecule has 2 atom stereocenters.